The summed E-state index contributed by atoms with van der Waals surface area (Å²) >= 11 is 0. The van der Waals surface area contributed by atoms with Crippen LogP contribution >= 0.6 is 0 Å². The van der Waals surface area contributed by atoms with E-state index in [-0.39, 0.29) is 18.1 Å². The van der Waals surface area contributed by atoms with Crippen molar-refractivity contribution >= 4 is 11.6 Å². The third kappa shape index (κ3) is 3.32. The van der Waals surface area contributed by atoms with Crippen LogP contribution in [0.4, 0.5) is 10.1 Å². The number of nitrogens with one attached hydrogen (secondary N) is 1. The number of carbonyl (C=O) groups is 1. The topological polar surface area (TPSA) is 59.8 Å². The maximum Gasteiger partial charge on any atom is 0.228 e. The van der Waals surface area contributed by atoms with Gasteiger partial charge in [-0.1, -0.05) is 24.3 Å². The number of aromatic nitrogens is 3. The Kier molecular flexibility index (Phi) is 4.37. The van der Waals surface area contributed by atoms with E-state index in [1.807, 2.05) is 36.7 Å². The van der Waals surface area contributed by atoms with Crippen LogP contribution in [0, 0.1) is 12.7 Å². The average molecular weight is 324 g/mol. The van der Waals surface area contributed by atoms with Gasteiger partial charge in [-0.05, 0) is 36.2 Å². The molecule has 0 radical (unpaired) electrons. The lowest BCUT2D eigenvalue weighted by molar-refractivity contribution is -0.115. The lowest BCUT2D eigenvalue weighted by atomic mass is 10.1. The van der Waals surface area contributed by atoms with Crippen LogP contribution in [-0.4, -0.2) is 20.7 Å². The quantitative estimate of drug-likeness (QED) is 0.802. The first-order chi connectivity index (χ1) is 11.5. The molecule has 122 valence electrons. The van der Waals surface area contributed by atoms with E-state index in [0.717, 1.165) is 17.0 Å². The Hall–Kier alpha value is -3.02. The number of carbonyl (C=O) groups excluding carboxylic acids is 1. The molecule has 0 aliphatic heterocycles. The fourth-order valence-electron chi connectivity index (χ4n) is 2.57. The minimum absolute atomic E-state index is 0.116. The first-order valence-electron chi connectivity index (χ1n) is 7.53. The smallest absolute Gasteiger partial charge is 0.228 e. The molecule has 0 fully saturated rings. The van der Waals surface area contributed by atoms with Gasteiger partial charge >= 0.3 is 0 Å². The monoisotopic (exact) mass is 324 g/mol. The molecule has 1 amide bonds. The van der Waals surface area contributed by atoms with Gasteiger partial charge in [-0.15, -0.1) is 10.2 Å². The van der Waals surface area contributed by atoms with Crippen molar-refractivity contribution in [3.05, 3.63) is 65.7 Å². The van der Waals surface area contributed by atoms with Crippen molar-refractivity contribution < 1.29 is 9.18 Å². The Morgan fingerprint density at radius 3 is 2.75 bits per heavy atom. The second-order valence-corrected chi connectivity index (χ2v) is 5.60. The van der Waals surface area contributed by atoms with Gasteiger partial charge in [0.05, 0.1) is 6.42 Å². The van der Waals surface area contributed by atoms with Crippen molar-refractivity contribution in [3.8, 4) is 11.4 Å². The summed E-state index contributed by atoms with van der Waals surface area (Å²) in [5.41, 5.74) is 3.14. The molecule has 0 atom stereocenters. The van der Waals surface area contributed by atoms with Crippen LogP contribution in [0.3, 0.4) is 0 Å². The van der Waals surface area contributed by atoms with Gasteiger partial charge in [0.25, 0.3) is 0 Å². The highest BCUT2D eigenvalue weighted by molar-refractivity contribution is 5.94. The van der Waals surface area contributed by atoms with Crippen LogP contribution in [-0.2, 0) is 18.3 Å². The number of benzene rings is 2. The van der Waals surface area contributed by atoms with E-state index in [1.165, 1.54) is 12.1 Å². The minimum atomic E-state index is -0.347. The summed E-state index contributed by atoms with van der Waals surface area (Å²) in [5.74, 6) is 0.188. The van der Waals surface area contributed by atoms with Crippen molar-refractivity contribution in [3.63, 3.8) is 0 Å². The molecule has 5 nitrogen and oxygen atoms in total. The van der Waals surface area contributed by atoms with E-state index in [2.05, 4.69) is 15.5 Å². The molecule has 2 aromatic carbocycles. The Morgan fingerprint density at radius 1 is 1.25 bits per heavy atom. The fourth-order valence-corrected chi connectivity index (χ4v) is 2.57. The molecular weight excluding hydrogens is 307 g/mol. The van der Waals surface area contributed by atoms with Crippen LogP contribution in [0.15, 0.2) is 48.8 Å². The van der Waals surface area contributed by atoms with Crippen molar-refractivity contribution in [1.29, 1.82) is 0 Å². The molecule has 0 spiro atoms. The first kappa shape index (κ1) is 15.9. The second kappa shape index (κ2) is 6.62. The van der Waals surface area contributed by atoms with Crippen molar-refractivity contribution in [2.75, 3.05) is 5.32 Å². The normalized spacial score (nSPS) is 10.6. The summed E-state index contributed by atoms with van der Waals surface area (Å²) in [6, 6.07) is 11.7. The Balaban J connectivity index is 1.80. The zero-order chi connectivity index (χ0) is 17.1. The fraction of sp³-hybridized carbons (Fsp3) is 0.167. The second-order valence-electron chi connectivity index (χ2n) is 5.60. The van der Waals surface area contributed by atoms with Crippen LogP contribution in [0.25, 0.3) is 11.4 Å². The molecule has 0 aliphatic carbocycles. The van der Waals surface area contributed by atoms with E-state index in [0.29, 0.717) is 11.3 Å². The minimum Gasteiger partial charge on any atom is -0.326 e. The Bertz CT molecular complexity index is 888. The van der Waals surface area contributed by atoms with Gasteiger partial charge in [-0.2, -0.15) is 0 Å². The summed E-state index contributed by atoms with van der Waals surface area (Å²) in [7, 11) is 1.87. The largest absolute Gasteiger partial charge is 0.326 e. The van der Waals surface area contributed by atoms with E-state index < -0.39 is 0 Å². The predicted octanol–water partition coefficient (Wildman–Crippen LogP) is 3.11. The summed E-state index contributed by atoms with van der Waals surface area (Å²) in [6.45, 7) is 1.92. The molecule has 0 saturated carbocycles. The third-order valence-corrected chi connectivity index (χ3v) is 3.81. The van der Waals surface area contributed by atoms with Gasteiger partial charge < -0.3 is 9.88 Å². The number of rotatable bonds is 4. The van der Waals surface area contributed by atoms with Gasteiger partial charge in [0.2, 0.25) is 5.91 Å². The number of aryl methyl sites for hydroxylation is 1. The molecule has 0 saturated heterocycles. The number of hydrogen-bond donors (Lipinski definition) is 1. The van der Waals surface area contributed by atoms with E-state index >= 15 is 0 Å². The van der Waals surface area contributed by atoms with Crippen molar-refractivity contribution in [2.24, 2.45) is 7.05 Å². The summed E-state index contributed by atoms with van der Waals surface area (Å²) in [6.07, 6.45) is 1.75. The number of hydrogen-bond acceptors (Lipinski definition) is 3. The summed E-state index contributed by atoms with van der Waals surface area (Å²) in [4.78, 5) is 12.2. The molecule has 24 heavy (non-hydrogen) atoms. The molecule has 3 rings (SSSR count). The molecule has 0 aliphatic rings. The van der Waals surface area contributed by atoms with Gasteiger partial charge in [0.15, 0.2) is 5.82 Å². The molecule has 0 unspecified atom stereocenters. The van der Waals surface area contributed by atoms with Crippen LogP contribution in [0.1, 0.15) is 11.1 Å². The van der Waals surface area contributed by atoms with E-state index in [4.69, 9.17) is 0 Å². The Labute approximate surface area is 139 Å². The molecule has 0 bridgehead atoms. The van der Waals surface area contributed by atoms with Gasteiger partial charge in [0, 0.05) is 18.3 Å². The molecule has 1 N–H and O–H groups in total. The van der Waals surface area contributed by atoms with Gasteiger partial charge in [-0.3, -0.25) is 4.79 Å². The summed E-state index contributed by atoms with van der Waals surface area (Å²) in [5, 5.41) is 10.9. The Morgan fingerprint density at radius 2 is 2.04 bits per heavy atom. The van der Waals surface area contributed by atoms with E-state index in [9.17, 15) is 9.18 Å². The highest BCUT2D eigenvalue weighted by atomic mass is 19.1. The highest BCUT2D eigenvalue weighted by Gasteiger charge is 2.12. The lowest BCUT2D eigenvalue weighted by Crippen LogP contribution is -2.15. The maximum absolute atomic E-state index is 13.2. The predicted molar refractivity (Wildman–Crippen MR) is 89.9 cm³/mol. The number of amides is 1. The molecular formula is C18H17FN4O. The van der Waals surface area contributed by atoms with Crippen molar-refractivity contribution in [1.82, 2.24) is 14.8 Å². The number of anilines is 1. The average Bonchev–Trinajstić information content (AvgIpc) is 2.95. The standard InChI is InChI=1S/C18H17FN4O/c1-12-15(18-22-20-11-23(18)2)7-4-8-16(12)21-17(24)10-13-5-3-6-14(19)9-13/h3-9,11H,10H2,1-2H3,(H,21,24). The number of halogens is 1. The van der Waals surface area contributed by atoms with Gasteiger partial charge in [0.1, 0.15) is 12.1 Å². The molecule has 6 heteroatoms. The van der Waals surface area contributed by atoms with Crippen LogP contribution in [0.5, 0.6) is 0 Å². The lowest BCUT2D eigenvalue weighted by Gasteiger charge is -2.12. The first-order valence-corrected chi connectivity index (χ1v) is 7.53. The maximum atomic E-state index is 13.2. The summed E-state index contributed by atoms with van der Waals surface area (Å²) < 4.78 is 15.0. The van der Waals surface area contributed by atoms with Crippen LogP contribution < -0.4 is 5.32 Å². The third-order valence-electron chi connectivity index (χ3n) is 3.81. The zero-order valence-corrected chi connectivity index (χ0v) is 13.5. The highest BCUT2D eigenvalue weighted by Crippen LogP contribution is 2.26. The molecule has 3 aromatic rings. The molecule has 1 heterocycles. The van der Waals surface area contributed by atoms with Crippen molar-refractivity contribution in [2.45, 2.75) is 13.3 Å². The molecule has 1 aromatic heterocycles. The number of nitrogens with zero attached hydrogens (tertiary/aromatic N) is 3. The van der Waals surface area contributed by atoms with E-state index in [1.54, 1.807) is 18.5 Å². The zero-order valence-electron chi connectivity index (χ0n) is 13.5. The SMILES string of the molecule is Cc1c(NC(=O)Cc2cccc(F)c2)cccc1-c1nncn1C. The van der Waals surface area contributed by atoms with Gasteiger partial charge in [-0.25, -0.2) is 4.39 Å². The van der Waals surface area contributed by atoms with Crippen LogP contribution in [0.2, 0.25) is 0 Å².